The molecule has 3 rings (SSSR count). The third-order valence-corrected chi connectivity index (χ3v) is 6.06. The monoisotopic (exact) mass is 322 g/mol. The zero-order valence-electron chi connectivity index (χ0n) is 14.1. The molecular formula is C18H30N2O3. The van der Waals surface area contributed by atoms with Gasteiger partial charge in [-0.2, -0.15) is 0 Å². The molecule has 2 heterocycles. The Bertz CT molecular complexity index is 454. The highest BCUT2D eigenvalue weighted by Crippen LogP contribution is 2.45. The maximum atomic E-state index is 12.5. The Hall–Kier alpha value is -1.10. The predicted octanol–water partition coefficient (Wildman–Crippen LogP) is 1.93. The Morgan fingerprint density at radius 1 is 1.17 bits per heavy atom. The van der Waals surface area contributed by atoms with Crippen molar-refractivity contribution in [1.29, 1.82) is 0 Å². The normalized spacial score (nSPS) is 31.9. The lowest BCUT2D eigenvalue weighted by Crippen LogP contribution is -2.49. The number of likely N-dealkylation sites (tertiary alicyclic amines) is 2. The molecule has 0 bridgehead atoms. The highest BCUT2D eigenvalue weighted by Gasteiger charge is 2.45. The van der Waals surface area contributed by atoms with Gasteiger partial charge >= 0.3 is 0 Å². The van der Waals surface area contributed by atoms with E-state index in [0.717, 1.165) is 71.0 Å². The minimum atomic E-state index is -0.232. The van der Waals surface area contributed by atoms with Gasteiger partial charge in [0.05, 0.1) is 6.10 Å². The van der Waals surface area contributed by atoms with E-state index in [9.17, 15) is 14.7 Å². The minimum Gasteiger partial charge on any atom is -0.392 e. The number of carbonyl (C=O) groups excluding carboxylic acids is 2. The van der Waals surface area contributed by atoms with E-state index < -0.39 is 0 Å². The first kappa shape index (κ1) is 16.7. The first-order valence-electron chi connectivity index (χ1n) is 9.34. The summed E-state index contributed by atoms with van der Waals surface area (Å²) in [6, 6.07) is 0. The lowest BCUT2D eigenvalue weighted by atomic mass is 9.76. The fourth-order valence-corrected chi connectivity index (χ4v) is 4.65. The third-order valence-electron chi connectivity index (χ3n) is 6.06. The van der Waals surface area contributed by atoms with Crippen LogP contribution < -0.4 is 0 Å². The number of hydrogen-bond acceptors (Lipinski definition) is 3. The van der Waals surface area contributed by atoms with Crippen molar-refractivity contribution in [1.82, 2.24) is 9.80 Å². The number of amides is 2. The summed E-state index contributed by atoms with van der Waals surface area (Å²) in [7, 11) is 0. The molecule has 2 aliphatic heterocycles. The molecule has 0 aromatic carbocycles. The zero-order chi connectivity index (χ0) is 16.3. The number of carbonyl (C=O) groups is 2. The molecule has 0 radical (unpaired) electrons. The van der Waals surface area contributed by atoms with Gasteiger partial charge in [-0.25, -0.2) is 0 Å². The number of piperidine rings is 2. The van der Waals surface area contributed by atoms with Gasteiger partial charge in [-0.15, -0.1) is 0 Å². The molecule has 5 heteroatoms. The van der Waals surface area contributed by atoms with Gasteiger partial charge < -0.3 is 14.9 Å². The Morgan fingerprint density at radius 3 is 2.74 bits per heavy atom. The van der Waals surface area contributed by atoms with Gasteiger partial charge in [0.15, 0.2) is 0 Å². The zero-order valence-corrected chi connectivity index (χ0v) is 14.1. The van der Waals surface area contributed by atoms with Gasteiger partial charge in [-0.05, 0) is 44.9 Å². The van der Waals surface area contributed by atoms with E-state index in [1.807, 2.05) is 9.80 Å². The predicted molar refractivity (Wildman–Crippen MR) is 87.8 cm³/mol. The molecule has 2 amide bonds. The molecule has 1 spiro atoms. The highest BCUT2D eigenvalue weighted by molar-refractivity contribution is 5.77. The molecule has 2 atom stereocenters. The summed E-state index contributed by atoms with van der Waals surface area (Å²) in [4.78, 5) is 28.2. The van der Waals surface area contributed by atoms with Crippen LogP contribution in [0, 0.1) is 5.41 Å². The third kappa shape index (κ3) is 3.70. The molecule has 3 aliphatic rings. The molecule has 2 saturated heterocycles. The van der Waals surface area contributed by atoms with E-state index in [4.69, 9.17) is 0 Å². The van der Waals surface area contributed by atoms with E-state index in [0.29, 0.717) is 19.4 Å². The van der Waals surface area contributed by atoms with Crippen molar-refractivity contribution in [2.45, 2.75) is 70.3 Å². The number of aliphatic hydroxyl groups is 1. The number of nitrogens with zero attached hydrogens (tertiary/aromatic N) is 2. The molecule has 23 heavy (non-hydrogen) atoms. The van der Waals surface area contributed by atoms with E-state index in [2.05, 4.69) is 0 Å². The summed E-state index contributed by atoms with van der Waals surface area (Å²) in [6.45, 7) is 3.13. The molecule has 0 unspecified atom stereocenters. The van der Waals surface area contributed by atoms with Crippen LogP contribution in [0.4, 0.5) is 0 Å². The van der Waals surface area contributed by atoms with Crippen LogP contribution in [0.1, 0.15) is 64.2 Å². The van der Waals surface area contributed by atoms with Crippen molar-refractivity contribution in [2.24, 2.45) is 5.41 Å². The molecule has 3 fully saturated rings. The Labute approximate surface area is 139 Å². The van der Waals surface area contributed by atoms with Crippen LogP contribution in [0.5, 0.6) is 0 Å². The van der Waals surface area contributed by atoms with Crippen LogP contribution in [0.2, 0.25) is 0 Å². The van der Waals surface area contributed by atoms with Crippen LogP contribution in [-0.4, -0.2) is 59.0 Å². The van der Waals surface area contributed by atoms with Gasteiger partial charge in [0.2, 0.25) is 11.8 Å². The lowest BCUT2D eigenvalue weighted by Gasteiger charge is -2.42. The highest BCUT2D eigenvalue weighted by atomic mass is 16.3. The van der Waals surface area contributed by atoms with Crippen LogP contribution in [0.15, 0.2) is 0 Å². The molecule has 1 saturated carbocycles. The number of hydrogen-bond donors (Lipinski definition) is 1. The Morgan fingerprint density at radius 2 is 2.00 bits per heavy atom. The second-order valence-electron chi connectivity index (χ2n) is 7.63. The second kappa shape index (κ2) is 7.20. The van der Waals surface area contributed by atoms with Crippen LogP contribution >= 0.6 is 0 Å². The van der Waals surface area contributed by atoms with Crippen molar-refractivity contribution < 1.29 is 14.7 Å². The molecule has 5 nitrogen and oxygen atoms in total. The van der Waals surface area contributed by atoms with Gasteiger partial charge in [-0.3, -0.25) is 9.59 Å². The van der Waals surface area contributed by atoms with E-state index in [1.54, 1.807) is 0 Å². The molecule has 130 valence electrons. The number of rotatable bonds is 4. The van der Waals surface area contributed by atoms with E-state index >= 15 is 0 Å². The summed E-state index contributed by atoms with van der Waals surface area (Å²) < 4.78 is 0. The summed E-state index contributed by atoms with van der Waals surface area (Å²) in [5.74, 6) is 0.447. The molecule has 1 N–H and O–H groups in total. The summed E-state index contributed by atoms with van der Waals surface area (Å²) in [5.41, 5.74) is -0.0310. The number of aliphatic hydroxyl groups excluding tert-OH is 1. The van der Waals surface area contributed by atoms with Gasteiger partial charge in [0.25, 0.3) is 0 Å². The molecular weight excluding hydrogens is 292 g/mol. The maximum absolute atomic E-state index is 12.5. The van der Waals surface area contributed by atoms with Crippen molar-refractivity contribution >= 4 is 11.8 Å². The van der Waals surface area contributed by atoms with Crippen LogP contribution in [0.3, 0.4) is 0 Å². The average molecular weight is 322 g/mol. The van der Waals surface area contributed by atoms with Crippen LogP contribution in [0.25, 0.3) is 0 Å². The molecule has 0 aromatic heterocycles. The largest absolute Gasteiger partial charge is 0.392 e. The van der Waals surface area contributed by atoms with Crippen molar-refractivity contribution in [3.8, 4) is 0 Å². The fourth-order valence-electron chi connectivity index (χ4n) is 4.65. The van der Waals surface area contributed by atoms with E-state index in [1.165, 1.54) is 0 Å². The average Bonchev–Trinajstić information content (AvgIpc) is 2.89. The van der Waals surface area contributed by atoms with Crippen LogP contribution in [-0.2, 0) is 9.59 Å². The van der Waals surface area contributed by atoms with E-state index in [-0.39, 0.29) is 23.3 Å². The van der Waals surface area contributed by atoms with Crippen molar-refractivity contribution in [3.05, 3.63) is 0 Å². The fraction of sp³-hybridized carbons (Fsp3) is 0.889. The molecule has 1 aliphatic carbocycles. The standard InChI is InChI=1S/C18H30N2O3/c21-15-6-3-9-18(15)10-5-13-20(14-18)17(23)8-4-12-19-11-2-1-7-16(19)22/h15,21H,1-14H2/t15-,18-/m1/s1. The van der Waals surface area contributed by atoms with Crippen molar-refractivity contribution in [3.63, 3.8) is 0 Å². The maximum Gasteiger partial charge on any atom is 0.222 e. The Kier molecular flexibility index (Phi) is 5.24. The minimum absolute atomic E-state index is 0.0310. The lowest BCUT2D eigenvalue weighted by molar-refractivity contribution is -0.138. The quantitative estimate of drug-likeness (QED) is 0.860. The van der Waals surface area contributed by atoms with Crippen molar-refractivity contribution in [2.75, 3.05) is 26.2 Å². The topological polar surface area (TPSA) is 60.9 Å². The summed E-state index contributed by atoms with van der Waals surface area (Å²) in [6.07, 6.45) is 8.91. The smallest absolute Gasteiger partial charge is 0.222 e. The molecule has 0 aromatic rings. The van der Waals surface area contributed by atoms with Gasteiger partial charge in [-0.1, -0.05) is 6.42 Å². The summed E-state index contributed by atoms with van der Waals surface area (Å²) >= 11 is 0. The summed E-state index contributed by atoms with van der Waals surface area (Å²) in [5, 5.41) is 10.3. The SMILES string of the molecule is O=C1CCCCN1CCCC(=O)N1CCC[C@]2(CCC[C@H]2O)C1. The second-order valence-corrected chi connectivity index (χ2v) is 7.63. The Balaban J connectivity index is 1.45. The van der Waals surface area contributed by atoms with Gasteiger partial charge in [0, 0.05) is 44.4 Å². The van der Waals surface area contributed by atoms with Gasteiger partial charge in [0.1, 0.15) is 0 Å². The first-order chi connectivity index (χ1) is 11.1. The first-order valence-corrected chi connectivity index (χ1v) is 9.34.